The number of hydrogen-bond acceptors (Lipinski definition) is 8. The molecule has 38 heavy (non-hydrogen) atoms. The molecule has 10 nitrogen and oxygen atoms in total. The molecule has 2 unspecified atom stereocenters. The van der Waals surface area contributed by atoms with Crippen LogP contribution in [-0.4, -0.2) is 57.1 Å². The molecule has 0 spiro atoms. The Hall–Kier alpha value is -3.73. The maximum Gasteiger partial charge on any atom is 0.341 e. The van der Waals surface area contributed by atoms with E-state index in [-0.39, 0.29) is 24.3 Å². The molecule has 1 saturated heterocycles. The Bertz CT molecular complexity index is 1320. The van der Waals surface area contributed by atoms with E-state index in [1.165, 1.54) is 11.3 Å². The minimum Gasteiger partial charge on any atom is -0.482 e. The van der Waals surface area contributed by atoms with E-state index in [9.17, 15) is 14.4 Å². The molecule has 0 bridgehead atoms. The Labute approximate surface area is 225 Å². The number of rotatable bonds is 10. The van der Waals surface area contributed by atoms with Crippen LogP contribution < -0.4 is 10.1 Å². The quantitative estimate of drug-likeness (QED) is 0.395. The number of likely N-dealkylation sites (tertiary alicyclic amines) is 1. The number of hydrogen-bond donors (Lipinski definition) is 2. The fourth-order valence-electron chi connectivity index (χ4n) is 4.74. The summed E-state index contributed by atoms with van der Waals surface area (Å²) in [6, 6.07) is 6.64. The molecule has 1 aliphatic rings. The molecular weight excluding hydrogens is 508 g/mol. The van der Waals surface area contributed by atoms with E-state index < -0.39 is 24.5 Å². The van der Waals surface area contributed by atoms with E-state index >= 15 is 0 Å². The summed E-state index contributed by atoms with van der Waals surface area (Å²) in [7, 11) is 0. The van der Waals surface area contributed by atoms with Gasteiger partial charge in [0.1, 0.15) is 23.5 Å². The van der Waals surface area contributed by atoms with Crippen molar-refractivity contribution >= 4 is 29.1 Å². The molecule has 0 aliphatic carbocycles. The first-order chi connectivity index (χ1) is 18.2. The molecule has 2 atom stereocenters. The molecule has 11 heteroatoms. The zero-order valence-electron chi connectivity index (χ0n) is 21.9. The predicted molar refractivity (Wildman–Crippen MR) is 141 cm³/mol. The van der Waals surface area contributed by atoms with Crippen LogP contribution in [0.25, 0.3) is 10.4 Å². The highest BCUT2D eigenvalue weighted by Gasteiger charge is 2.40. The van der Waals surface area contributed by atoms with Gasteiger partial charge in [0.05, 0.1) is 21.8 Å². The fourth-order valence-corrected chi connectivity index (χ4v) is 5.54. The third kappa shape index (κ3) is 6.04. The second-order valence-corrected chi connectivity index (χ2v) is 10.6. The van der Waals surface area contributed by atoms with Crippen molar-refractivity contribution in [3.05, 3.63) is 52.5 Å². The number of nitrogens with one attached hydrogen (secondary N) is 1. The van der Waals surface area contributed by atoms with Gasteiger partial charge >= 0.3 is 5.97 Å². The molecule has 1 aliphatic heterocycles. The molecule has 4 rings (SSSR count). The van der Waals surface area contributed by atoms with Gasteiger partial charge in [-0.05, 0) is 44.2 Å². The number of carbonyl (C=O) groups is 3. The highest BCUT2D eigenvalue weighted by molar-refractivity contribution is 7.13. The first kappa shape index (κ1) is 27.3. The van der Waals surface area contributed by atoms with Gasteiger partial charge in [-0.15, -0.1) is 11.3 Å². The largest absolute Gasteiger partial charge is 0.482 e. The lowest BCUT2D eigenvalue weighted by atomic mass is 9.91. The minimum absolute atomic E-state index is 0.0335. The molecule has 2 N–H and O–H groups in total. The van der Waals surface area contributed by atoms with E-state index in [0.717, 1.165) is 22.6 Å². The summed E-state index contributed by atoms with van der Waals surface area (Å²) < 4.78 is 11.0. The number of aliphatic carboxylic acids is 1. The first-order valence-corrected chi connectivity index (χ1v) is 13.4. The van der Waals surface area contributed by atoms with E-state index in [4.69, 9.17) is 14.4 Å². The SMILES string of the molecule is Cc1cc(C(C(=O)N2CCCC2C(=O)NCc2ccc(-c3scnc3C)cc2OCC(=O)O)C(C)C)on1. The van der Waals surface area contributed by atoms with Gasteiger partial charge in [-0.2, -0.15) is 0 Å². The average Bonchev–Trinajstić information content (AvgIpc) is 3.62. The Morgan fingerprint density at radius 3 is 2.68 bits per heavy atom. The summed E-state index contributed by atoms with van der Waals surface area (Å²) in [5.74, 6) is -1.19. The van der Waals surface area contributed by atoms with Crippen molar-refractivity contribution in [3.8, 4) is 16.2 Å². The molecule has 3 aromatic rings. The number of thiazole rings is 1. The number of benzene rings is 1. The van der Waals surface area contributed by atoms with Gasteiger partial charge in [-0.1, -0.05) is 31.1 Å². The zero-order valence-corrected chi connectivity index (χ0v) is 22.7. The van der Waals surface area contributed by atoms with Crippen molar-refractivity contribution in [3.63, 3.8) is 0 Å². The van der Waals surface area contributed by atoms with Crippen molar-refractivity contribution in [2.24, 2.45) is 5.92 Å². The van der Waals surface area contributed by atoms with Crippen LogP contribution in [0.2, 0.25) is 0 Å². The average molecular weight is 541 g/mol. The van der Waals surface area contributed by atoms with Gasteiger partial charge in [0.15, 0.2) is 6.61 Å². The third-order valence-corrected chi connectivity index (χ3v) is 7.58. The minimum atomic E-state index is -1.10. The highest BCUT2D eigenvalue weighted by atomic mass is 32.1. The Morgan fingerprint density at radius 2 is 2.05 bits per heavy atom. The van der Waals surface area contributed by atoms with Gasteiger partial charge < -0.3 is 24.6 Å². The number of carboxylic acids is 1. The van der Waals surface area contributed by atoms with Crippen molar-refractivity contribution < 1.29 is 28.8 Å². The van der Waals surface area contributed by atoms with Crippen LogP contribution in [0, 0.1) is 19.8 Å². The summed E-state index contributed by atoms with van der Waals surface area (Å²) in [6.45, 7) is 7.71. The van der Waals surface area contributed by atoms with E-state index in [1.807, 2.05) is 32.9 Å². The van der Waals surface area contributed by atoms with Crippen LogP contribution >= 0.6 is 11.3 Å². The normalized spacial score (nSPS) is 16.0. The standard InChI is InChI=1S/C27H32N4O6S/c1-15(2)24(22-10-16(3)30-37-22)27(35)31-9-5-6-20(31)26(34)28-12-19-8-7-18(25-17(4)29-14-38-25)11-21(19)36-13-23(32)33/h7-8,10-11,14-15,20,24H,5-6,9,12-13H2,1-4H3,(H,28,34)(H,32,33). The second kappa shape index (κ2) is 11.8. The van der Waals surface area contributed by atoms with E-state index in [0.29, 0.717) is 35.7 Å². The van der Waals surface area contributed by atoms with Crippen molar-refractivity contribution in [2.45, 2.75) is 59.0 Å². The van der Waals surface area contributed by atoms with E-state index in [1.54, 1.807) is 29.5 Å². The Kier molecular flexibility index (Phi) is 8.45. The summed E-state index contributed by atoms with van der Waals surface area (Å²) in [6.07, 6.45) is 1.28. The fraction of sp³-hybridized carbons (Fsp3) is 0.444. The molecule has 2 amide bonds. The second-order valence-electron chi connectivity index (χ2n) is 9.77. The van der Waals surface area contributed by atoms with Crippen LogP contribution in [0.1, 0.15) is 55.3 Å². The predicted octanol–water partition coefficient (Wildman–Crippen LogP) is 3.93. The number of aromatic nitrogens is 2. The van der Waals surface area contributed by atoms with Gasteiger partial charge in [-0.25, -0.2) is 9.78 Å². The Balaban J connectivity index is 1.49. The molecule has 2 aromatic heterocycles. The molecule has 0 radical (unpaired) electrons. The van der Waals surface area contributed by atoms with Gasteiger partial charge in [0.2, 0.25) is 11.8 Å². The van der Waals surface area contributed by atoms with Gasteiger partial charge in [0.25, 0.3) is 0 Å². The van der Waals surface area contributed by atoms with Crippen LogP contribution in [0.3, 0.4) is 0 Å². The maximum atomic E-state index is 13.5. The van der Waals surface area contributed by atoms with Crippen LogP contribution in [-0.2, 0) is 20.9 Å². The van der Waals surface area contributed by atoms with Crippen molar-refractivity contribution in [1.82, 2.24) is 20.4 Å². The lowest BCUT2D eigenvalue weighted by Crippen LogP contribution is -2.47. The summed E-state index contributed by atoms with van der Waals surface area (Å²) in [5, 5.41) is 16.0. The number of carbonyl (C=O) groups excluding carboxylic acids is 2. The third-order valence-electron chi connectivity index (χ3n) is 6.60. The molecule has 1 fully saturated rings. The van der Waals surface area contributed by atoms with Crippen molar-refractivity contribution in [1.29, 1.82) is 0 Å². The zero-order chi connectivity index (χ0) is 27.4. The number of amides is 2. The molecule has 3 heterocycles. The number of carboxylic acid groups (broad SMARTS) is 1. The summed E-state index contributed by atoms with van der Waals surface area (Å²) in [4.78, 5) is 44.8. The summed E-state index contributed by atoms with van der Waals surface area (Å²) in [5.41, 5.74) is 4.81. The van der Waals surface area contributed by atoms with Crippen LogP contribution in [0.5, 0.6) is 5.75 Å². The summed E-state index contributed by atoms with van der Waals surface area (Å²) >= 11 is 1.48. The number of aryl methyl sites for hydroxylation is 2. The number of nitrogens with zero attached hydrogens (tertiary/aromatic N) is 3. The lowest BCUT2D eigenvalue weighted by molar-refractivity contribution is -0.140. The molecular formula is C27H32N4O6S. The molecule has 0 saturated carbocycles. The smallest absolute Gasteiger partial charge is 0.341 e. The van der Waals surface area contributed by atoms with Crippen molar-refractivity contribution in [2.75, 3.05) is 13.2 Å². The van der Waals surface area contributed by atoms with Crippen LogP contribution in [0.4, 0.5) is 0 Å². The molecule has 1 aromatic carbocycles. The van der Waals surface area contributed by atoms with E-state index in [2.05, 4.69) is 15.5 Å². The lowest BCUT2D eigenvalue weighted by Gasteiger charge is -2.29. The monoisotopic (exact) mass is 540 g/mol. The maximum absolute atomic E-state index is 13.5. The van der Waals surface area contributed by atoms with Gasteiger partial charge in [-0.3, -0.25) is 9.59 Å². The number of ether oxygens (including phenoxy) is 1. The van der Waals surface area contributed by atoms with Crippen LogP contribution in [0.15, 0.2) is 34.3 Å². The topological polar surface area (TPSA) is 135 Å². The first-order valence-electron chi connectivity index (χ1n) is 12.5. The highest BCUT2D eigenvalue weighted by Crippen LogP contribution is 2.33. The Morgan fingerprint density at radius 1 is 1.26 bits per heavy atom. The van der Waals surface area contributed by atoms with Gasteiger partial charge in [0, 0.05) is 24.7 Å². The molecule has 202 valence electrons.